The molecular formula is C30H34N4O7. The summed E-state index contributed by atoms with van der Waals surface area (Å²) in [5, 5.41) is 36.3. The number of aromatic hydroxyl groups is 2. The van der Waals surface area contributed by atoms with Crippen LogP contribution in [-0.4, -0.2) is 63.2 Å². The fourth-order valence-electron chi connectivity index (χ4n) is 4.06. The van der Waals surface area contributed by atoms with Crippen LogP contribution in [0.2, 0.25) is 0 Å². The van der Waals surface area contributed by atoms with Crippen LogP contribution in [0.15, 0.2) is 78.9 Å². The normalized spacial score (nSPS) is 13.7. The van der Waals surface area contributed by atoms with Crippen LogP contribution in [-0.2, 0) is 38.4 Å². The van der Waals surface area contributed by atoms with Gasteiger partial charge in [-0.25, -0.2) is 4.79 Å². The Bertz CT molecular complexity index is 1330. The van der Waals surface area contributed by atoms with Gasteiger partial charge < -0.3 is 37.0 Å². The minimum absolute atomic E-state index is 0.0310. The van der Waals surface area contributed by atoms with E-state index in [0.717, 1.165) is 5.56 Å². The van der Waals surface area contributed by atoms with E-state index in [2.05, 4.69) is 16.0 Å². The van der Waals surface area contributed by atoms with Crippen molar-refractivity contribution < 1.29 is 34.5 Å². The molecule has 3 aromatic carbocycles. The molecule has 0 saturated heterocycles. The number of aliphatic carboxylic acids is 1. The summed E-state index contributed by atoms with van der Waals surface area (Å²) >= 11 is 0. The van der Waals surface area contributed by atoms with Crippen molar-refractivity contribution in [1.29, 1.82) is 0 Å². The first kappa shape index (κ1) is 30.6. The van der Waals surface area contributed by atoms with Gasteiger partial charge in [0.1, 0.15) is 29.6 Å². The Morgan fingerprint density at radius 1 is 0.634 bits per heavy atom. The summed E-state index contributed by atoms with van der Waals surface area (Å²) < 4.78 is 0. The molecule has 4 unspecified atom stereocenters. The number of rotatable bonds is 13. The lowest BCUT2D eigenvalue weighted by Gasteiger charge is -2.24. The molecular weight excluding hydrogens is 528 g/mol. The second-order valence-corrected chi connectivity index (χ2v) is 9.73. The van der Waals surface area contributed by atoms with Gasteiger partial charge in [0.2, 0.25) is 17.7 Å². The van der Waals surface area contributed by atoms with Crippen molar-refractivity contribution in [3.8, 4) is 11.5 Å². The first-order valence-electron chi connectivity index (χ1n) is 13.0. The van der Waals surface area contributed by atoms with Gasteiger partial charge in [-0.3, -0.25) is 14.4 Å². The molecule has 0 bridgehead atoms. The Morgan fingerprint density at radius 2 is 1.10 bits per heavy atom. The summed E-state index contributed by atoms with van der Waals surface area (Å²) in [5.74, 6) is -3.11. The molecule has 3 amide bonds. The fraction of sp³-hybridized carbons (Fsp3) is 0.267. The van der Waals surface area contributed by atoms with Crippen LogP contribution in [0.3, 0.4) is 0 Å². The van der Waals surface area contributed by atoms with Crippen LogP contribution in [0, 0.1) is 0 Å². The zero-order valence-corrected chi connectivity index (χ0v) is 22.5. The Kier molecular flexibility index (Phi) is 10.8. The van der Waals surface area contributed by atoms with E-state index in [1.54, 1.807) is 54.6 Å². The molecule has 0 heterocycles. The molecule has 0 fully saturated rings. The number of phenolic OH excluding ortho intramolecular Hbond substituents is 2. The number of amides is 3. The zero-order chi connectivity index (χ0) is 29.9. The van der Waals surface area contributed by atoms with Gasteiger partial charge in [0, 0.05) is 12.8 Å². The molecule has 0 radical (unpaired) electrons. The van der Waals surface area contributed by atoms with Crippen LogP contribution in [0.5, 0.6) is 11.5 Å². The van der Waals surface area contributed by atoms with Crippen molar-refractivity contribution in [3.05, 3.63) is 95.6 Å². The highest BCUT2D eigenvalue weighted by molar-refractivity contribution is 5.94. The van der Waals surface area contributed by atoms with Gasteiger partial charge >= 0.3 is 5.97 Å². The minimum Gasteiger partial charge on any atom is -0.508 e. The molecule has 3 aromatic rings. The average Bonchev–Trinajstić information content (AvgIpc) is 2.94. The Balaban J connectivity index is 1.67. The first-order chi connectivity index (χ1) is 19.5. The van der Waals surface area contributed by atoms with Gasteiger partial charge in [-0.2, -0.15) is 0 Å². The van der Waals surface area contributed by atoms with E-state index in [4.69, 9.17) is 5.73 Å². The van der Waals surface area contributed by atoms with Gasteiger partial charge in [0.15, 0.2) is 0 Å². The highest BCUT2D eigenvalue weighted by Crippen LogP contribution is 2.13. The molecule has 11 heteroatoms. The van der Waals surface area contributed by atoms with Crippen molar-refractivity contribution in [2.24, 2.45) is 5.73 Å². The van der Waals surface area contributed by atoms with Crippen LogP contribution in [0.4, 0.5) is 0 Å². The van der Waals surface area contributed by atoms with Gasteiger partial charge in [-0.15, -0.1) is 0 Å². The summed E-state index contributed by atoms with van der Waals surface area (Å²) in [6.45, 7) is 1.41. The molecule has 11 nitrogen and oxygen atoms in total. The second kappa shape index (κ2) is 14.5. The summed E-state index contributed by atoms with van der Waals surface area (Å²) in [4.78, 5) is 50.8. The van der Waals surface area contributed by atoms with E-state index < -0.39 is 47.9 Å². The summed E-state index contributed by atoms with van der Waals surface area (Å²) in [5.41, 5.74) is 8.14. The van der Waals surface area contributed by atoms with E-state index >= 15 is 0 Å². The number of carboxylic acid groups (broad SMARTS) is 1. The maximum absolute atomic E-state index is 13.3. The molecule has 41 heavy (non-hydrogen) atoms. The molecule has 216 valence electrons. The number of nitrogens with two attached hydrogens (primary N) is 1. The number of nitrogens with one attached hydrogen (secondary N) is 3. The SMILES string of the molecule is CC(NC(=O)C(Cc1ccc(O)cc1)NC(=O)C(N)Cc1ccc(O)cc1)C(=O)NC(Cc1ccccc1)C(=O)O. The van der Waals surface area contributed by atoms with Crippen molar-refractivity contribution in [3.63, 3.8) is 0 Å². The van der Waals surface area contributed by atoms with E-state index in [0.29, 0.717) is 11.1 Å². The van der Waals surface area contributed by atoms with Crippen LogP contribution in [0.25, 0.3) is 0 Å². The van der Waals surface area contributed by atoms with E-state index in [1.807, 2.05) is 0 Å². The molecule has 0 spiro atoms. The molecule has 0 aliphatic carbocycles. The van der Waals surface area contributed by atoms with E-state index in [-0.39, 0.29) is 30.8 Å². The third kappa shape index (κ3) is 9.66. The largest absolute Gasteiger partial charge is 0.508 e. The third-order valence-corrected chi connectivity index (χ3v) is 6.39. The standard InChI is InChI=1S/C30H34N4O7/c1-18(27(37)34-26(30(40)41)17-19-5-3-2-4-6-19)32-29(39)25(16-21-9-13-23(36)14-10-21)33-28(38)24(31)15-20-7-11-22(35)12-8-20/h2-14,18,24-26,35-36H,15-17,31H2,1H3,(H,32,39)(H,33,38)(H,34,37)(H,40,41). The number of hydrogen-bond acceptors (Lipinski definition) is 7. The molecule has 0 aromatic heterocycles. The monoisotopic (exact) mass is 562 g/mol. The molecule has 8 N–H and O–H groups in total. The lowest BCUT2D eigenvalue weighted by atomic mass is 10.0. The summed E-state index contributed by atoms with van der Waals surface area (Å²) in [7, 11) is 0. The van der Waals surface area contributed by atoms with Gasteiger partial charge in [0.25, 0.3) is 0 Å². The minimum atomic E-state index is -1.22. The van der Waals surface area contributed by atoms with Crippen molar-refractivity contribution in [2.45, 2.75) is 50.4 Å². The van der Waals surface area contributed by atoms with Gasteiger partial charge in [0.05, 0.1) is 6.04 Å². The molecule has 0 aliphatic heterocycles. The molecule has 0 aliphatic rings. The third-order valence-electron chi connectivity index (χ3n) is 6.39. The highest BCUT2D eigenvalue weighted by Gasteiger charge is 2.29. The number of carbonyl (C=O) groups excluding carboxylic acids is 3. The zero-order valence-electron chi connectivity index (χ0n) is 22.5. The average molecular weight is 563 g/mol. The number of hydrogen-bond donors (Lipinski definition) is 7. The number of benzene rings is 3. The second-order valence-electron chi connectivity index (χ2n) is 9.73. The Labute approximate surface area is 237 Å². The fourth-order valence-corrected chi connectivity index (χ4v) is 4.06. The molecule has 4 atom stereocenters. The number of carbonyl (C=O) groups is 4. The quantitative estimate of drug-likeness (QED) is 0.160. The summed E-state index contributed by atoms with van der Waals surface area (Å²) in [6, 6.07) is 16.6. The van der Waals surface area contributed by atoms with Gasteiger partial charge in [-0.1, -0.05) is 54.6 Å². The number of carboxylic acids is 1. The van der Waals surface area contributed by atoms with E-state index in [9.17, 15) is 34.5 Å². The van der Waals surface area contributed by atoms with Crippen molar-refractivity contribution in [2.75, 3.05) is 0 Å². The Hall–Kier alpha value is -4.90. The maximum Gasteiger partial charge on any atom is 0.326 e. The predicted octanol–water partition coefficient (Wildman–Crippen LogP) is 1.01. The lowest BCUT2D eigenvalue weighted by Crippen LogP contribution is -2.57. The van der Waals surface area contributed by atoms with Crippen molar-refractivity contribution in [1.82, 2.24) is 16.0 Å². The Morgan fingerprint density at radius 3 is 1.63 bits per heavy atom. The maximum atomic E-state index is 13.3. The number of phenols is 2. The van der Waals surface area contributed by atoms with Gasteiger partial charge in [-0.05, 0) is 54.3 Å². The van der Waals surface area contributed by atoms with E-state index in [1.165, 1.54) is 31.2 Å². The van der Waals surface area contributed by atoms with Crippen LogP contribution >= 0.6 is 0 Å². The predicted molar refractivity (Wildman–Crippen MR) is 151 cm³/mol. The van der Waals surface area contributed by atoms with Crippen molar-refractivity contribution >= 4 is 23.7 Å². The highest BCUT2D eigenvalue weighted by atomic mass is 16.4. The summed E-state index contributed by atoms with van der Waals surface area (Å²) in [6.07, 6.45) is 0.237. The lowest BCUT2D eigenvalue weighted by molar-refractivity contribution is -0.142. The topological polar surface area (TPSA) is 191 Å². The smallest absolute Gasteiger partial charge is 0.326 e. The first-order valence-corrected chi connectivity index (χ1v) is 13.0. The van der Waals surface area contributed by atoms with Crippen LogP contribution < -0.4 is 21.7 Å². The molecule has 0 saturated carbocycles. The molecule has 3 rings (SSSR count). The van der Waals surface area contributed by atoms with Crippen LogP contribution in [0.1, 0.15) is 23.6 Å².